The summed E-state index contributed by atoms with van der Waals surface area (Å²) in [5, 5.41) is 4.95. The van der Waals surface area contributed by atoms with Crippen LogP contribution in [0.2, 0.25) is 0 Å². The lowest BCUT2D eigenvalue weighted by Crippen LogP contribution is -2.65. The molecule has 0 radical (unpaired) electrons. The number of methoxy groups -OCH3 is 1. The van der Waals surface area contributed by atoms with Gasteiger partial charge in [-0.25, -0.2) is 8.78 Å². The van der Waals surface area contributed by atoms with Gasteiger partial charge in [-0.2, -0.15) is 0 Å². The molecule has 33 heavy (non-hydrogen) atoms. The number of carbonyl (C=O) groups excluding carboxylic acids is 1. The van der Waals surface area contributed by atoms with Gasteiger partial charge in [0.1, 0.15) is 11.4 Å². The molecule has 2 N–H and O–H groups in total. The number of rotatable bonds is 7. The zero-order chi connectivity index (χ0) is 23.4. The first kappa shape index (κ1) is 23.2. The number of amides is 1. The van der Waals surface area contributed by atoms with Crippen molar-refractivity contribution >= 4 is 11.6 Å². The van der Waals surface area contributed by atoms with Crippen LogP contribution < -0.4 is 15.5 Å². The third kappa shape index (κ3) is 5.02. The van der Waals surface area contributed by atoms with Crippen molar-refractivity contribution in [3.63, 3.8) is 0 Å². The number of hydrogen-bond acceptors (Lipinski definition) is 5. The maximum atomic E-state index is 14.4. The molecule has 0 saturated carbocycles. The molecule has 2 aromatic carbocycles. The minimum Gasteiger partial charge on any atom is -0.494 e. The van der Waals surface area contributed by atoms with Gasteiger partial charge < -0.3 is 10.1 Å². The molecule has 1 fully saturated rings. The van der Waals surface area contributed by atoms with Gasteiger partial charge in [-0.1, -0.05) is 12.1 Å². The summed E-state index contributed by atoms with van der Waals surface area (Å²) in [4.78, 5) is 15.8. The van der Waals surface area contributed by atoms with Crippen molar-refractivity contribution in [1.82, 2.24) is 20.7 Å². The topological polar surface area (TPSA) is 56.8 Å². The van der Waals surface area contributed by atoms with Crippen molar-refractivity contribution < 1.29 is 18.3 Å². The molecule has 1 amide bonds. The van der Waals surface area contributed by atoms with Crippen LogP contribution in [0, 0.1) is 11.6 Å². The van der Waals surface area contributed by atoms with E-state index in [1.54, 1.807) is 29.3 Å². The van der Waals surface area contributed by atoms with E-state index in [1.807, 2.05) is 13.0 Å². The molecular weight excluding hydrogens is 426 g/mol. The van der Waals surface area contributed by atoms with Gasteiger partial charge in [0.15, 0.2) is 11.6 Å². The van der Waals surface area contributed by atoms with Crippen LogP contribution in [0.1, 0.15) is 24.5 Å². The predicted octanol–water partition coefficient (Wildman–Crippen LogP) is 2.96. The van der Waals surface area contributed by atoms with E-state index in [0.29, 0.717) is 30.6 Å². The molecule has 6 nitrogen and oxygen atoms in total. The molecule has 0 aromatic heterocycles. The van der Waals surface area contributed by atoms with Gasteiger partial charge in [0.25, 0.3) is 5.91 Å². The lowest BCUT2D eigenvalue weighted by molar-refractivity contribution is -0.144. The fourth-order valence-corrected chi connectivity index (χ4v) is 4.43. The molecule has 2 heterocycles. The summed E-state index contributed by atoms with van der Waals surface area (Å²) in [6.45, 7) is 5.49. The average Bonchev–Trinajstić information content (AvgIpc) is 2.83. The van der Waals surface area contributed by atoms with Crippen molar-refractivity contribution in [2.75, 3.05) is 39.8 Å². The van der Waals surface area contributed by atoms with Gasteiger partial charge in [-0.15, -0.1) is 0 Å². The summed E-state index contributed by atoms with van der Waals surface area (Å²) < 4.78 is 32.7. The molecule has 1 saturated heterocycles. The van der Waals surface area contributed by atoms with Crippen LogP contribution in [-0.2, 0) is 11.2 Å². The van der Waals surface area contributed by atoms with E-state index in [-0.39, 0.29) is 17.5 Å². The number of benzene rings is 2. The molecule has 1 atom stereocenters. The van der Waals surface area contributed by atoms with E-state index >= 15 is 0 Å². The van der Waals surface area contributed by atoms with E-state index in [0.717, 1.165) is 31.7 Å². The normalized spacial score (nSPS) is 21.5. The molecule has 4 rings (SSSR count). The number of aryl methyl sites for hydroxylation is 1. The van der Waals surface area contributed by atoms with Crippen molar-refractivity contribution in [3.8, 4) is 5.75 Å². The fraction of sp³-hybridized carbons (Fsp3) is 0.400. The molecule has 2 aliphatic heterocycles. The number of halogens is 2. The lowest BCUT2D eigenvalue weighted by atomic mass is 9.92. The summed E-state index contributed by atoms with van der Waals surface area (Å²) in [7, 11) is 1.43. The number of ether oxygens (including phenoxy) is 1. The van der Waals surface area contributed by atoms with Crippen LogP contribution in [0.5, 0.6) is 5.75 Å². The Morgan fingerprint density at radius 3 is 2.48 bits per heavy atom. The van der Waals surface area contributed by atoms with E-state index in [2.05, 4.69) is 15.6 Å². The number of nitrogens with zero attached hydrogens (tertiary/aromatic N) is 2. The van der Waals surface area contributed by atoms with E-state index in [1.165, 1.54) is 25.3 Å². The third-order valence-electron chi connectivity index (χ3n) is 6.36. The predicted molar refractivity (Wildman–Crippen MR) is 123 cm³/mol. The summed E-state index contributed by atoms with van der Waals surface area (Å²) in [5.41, 5.74) is 4.69. The Kier molecular flexibility index (Phi) is 6.95. The second kappa shape index (κ2) is 9.89. The number of piperazine rings is 1. The SMILES string of the molecule is COc1ccc(C2=CC(C)(N3CCNCC3)C(=O)N(CCCc3ccc(F)cc3)N2)cc1F. The lowest BCUT2D eigenvalue weighted by Gasteiger charge is -2.46. The first-order valence-corrected chi connectivity index (χ1v) is 11.3. The molecule has 8 heteroatoms. The first-order chi connectivity index (χ1) is 15.9. The number of nitrogens with one attached hydrogen (secondary N) is 2. The van der Waals surface area contributed by atoms with Crippen LogP contribution >= 0.6 is 0 Å². The second-order valence-corrected chi connectivity index (χ2v) is 8.59. The van der Waals surface area contributed by atoms with E-state index in [9.17, 15) is 13.6 Å². The van der Waals surface area contributed by atoms with Crippen molar-refractivity contribution in [2.24, 2.45) is 0 Å². The van der Waals surface area contributed by atoms with Gasteiger partial charge in [-0.3, -0.25) is 20.1 Å². The number of hydrazine groups is 1. The highest BCUT2D eigenvalue weighted by molar-refractivity contribution is 5.93. The van der Waals surface area contributed by atoms with Crippen LogP contribution in [0.25, 0.3) is 5.70 Å². The van der Waals surface area contributed by atoms with Crippen LogP contribution in [0.3, 0.4) is 0 Å². The first-order valence-electron chi connectivity index (χ1n) is 11.3. The highest BCUT2D eigenvalue weighted by atomic mass is 19.1. The molecule has 176 valence electrons. The zero-order valence-corrected chi connectivity index (χ0v) is 19.0. The van der Waals surface area contributed by atoms with Crippen molar-refractivity contribution in [3.05, 3.63) is 71.3 Å². The van der Waals surface area contributed by atoms with Crippen molar-refractivity contribution in [1.29, 1.82) is 0 Å². The smallest absolute Gasteiger partial charge is 0.265 e. The largest absolute Gasteiger partial charge is 0.494 e. The summed E-state index contributed by atoms with van der Waals surface area (Å²) in [5.74, 6) is -0.588. The van der Waals surface area contributed by atoms with Gasteiger partial charge in [0, 0.05) is 38.3 Å². The van der Waals surface area contributed by atoms with Gasteiger partial charge in [0.2, 0.25) is 0 Å². The molecule has 2 aliphatic rings. The Hall–Kier alpha value is -2.97. The van der Waals surface area contributed by atoms with Crippen LogP contribution in [0.4, 0.5) is 8.78 Å². The highest BCUT2D eigenvalue weighted by Crippen LogP contribution is 2.31. The number of hydrogen-bond donors (Lipinski definition) is 2. The van der Waals surface area contributed by atoms with Crippen LogP contribution in [-0.4, -0.2) is 61.2 Å². The minimum atomic E-state index is -0.852. The summed E-state index contributed by atoms with van der Waals surface area (Å²) >= 11 is 0. The Morgan fingerprint density at radius 1 is 1.09 bits per heavy atom. The van der Waals surface area contributed by atoms with Gasteiger partial charge in [0.05, 0.1) is 12.8 Å². The fourth-order valence-electron chi connectivity index (χ4n) is 4.43. The average molecular weight is 457 g/mol. The second-order valence-electron chi connectivity index (χ2n) is 8.59. The van der Waals surface area contributed by atoms with Crippen molar-refractivity contribution in [2.45, 2.75) is 25.3 Å². The molecule has 0 bridgehead atoms. The van der Waals surface area contributed by atoms with Gasteiger partial charge in [-0.05, 0) is 61.7 Å². The Morgan fingerprint density at radius 2 is 1.82 bits per heavy atom. The molecule has 0 aliphatic carbocycles. The Labute approximate surface area is 193 Å². The maximum Gasteiger partial charge on any atom is 0.265 e. The van der Waals surface area contributed by atoms with E-state index in [4.69, 9.17) is 4.74 Å². The monoisotopic (exact) mass is 456 g/mol. The number of carbonyl (C=O) groups is 1. The highest BCUT2D eigenvalue weighted by Gasteiger charge is 2.44. The standard InChI is InChI=1S/C25H30F2N4O2/c1-25(30-14-11-28-12-15-30)17-22(19-7-10-23(33-2)21(27)16-19)29-31(24(25)32)13-3-4-18-5-8-20(26)9-6-18/h5-10,16-17,28-29H,3-4,11-15H2,1-2H3. The Balaban J connectivity index is 1.58. The zero-order valence-electron chi connectivity index (χ0n) is 19.0. The van der Waals surface area contributed by atoms with E-state index < -0.39 is 11.4 Å². The van der Waals surface area contributed by atoms with Crippen LogP contribution in [0.15, 0.2) is 48.5 Å². The molecule has 0 spiro atoms. The summed E-state index contributed by atoms with van der Waals surface area (Å²) in [6.07, 6.45) is 3.32. The minimum absolute atomic E-state index is 0.0405. The molecule has 2 aromatic rings. The molecule has 1 unspecified atom stereocenters. The summed E-state index contributed by atoms with van der Waals surface area (Å²) in [6, 6.07) is 11.2. The third-order valence-corrected chi connectivity index (χ3v) is 6.36. The molecular formula is C25H30F2N4O2. The quantitative estimate of drug-likeness (QED) is 0.671. The van der Waals surface area contributed by atoms with Gasteiger partial charge >= 0.3 is 0 Å². The Bertz CT molecular complexity index is 1020. The maximum absolute atomic E-state index is 14.4.